The summed E-state index contributed by atoms with van der Waals surface area (Å²) in [6, 6.07) is 4.96. The minimum absolute atomic E-state index is 0.379. The molecule has 3 N–H and O–H groups in total. The standard InChI is InChI=1S/C12H16FNO5S/c1-12(17,6-11(15)16)8-14-20(18,19)7-9-2-4-10(13)5-3-9/h2-5,14,17H,6-8H2,1H3,(H,15,16). The first-order chi connectivity index (χ1) is 9.10. The van der Waals surface area contributed by atoms with Crippen molar-refractivity contribution in [2.75, 3.05) is 6.54 Å². The molecule has 0 bridgehead atoms. The van der Waals surface area contributed by atoms with Crippen LogP contribution in [0.1, 0.15) is 18.9 Å². The maximum absolute atomic E-state index is 12.7. The van der Waals surface area contributed by atoms with Crippen LogP contribution in [0, 0.1) is 5.82 Å². The first-order valence-corrected chi connectivity index (χ1v) is 7.41. The van der Waals surface area contributed by atoms with Crippen molar-refractivity contribution >= 4 is 16.0 Å². The summed E-state index contributed by atoms with van der Waals surface area (Å²) in [4.78, 5) is 10.5. The molecule has 0 saturated heterocycles. The van der Waals surface area contributed by atoms with Gasteiger partial charge in [0.2, 0.25) is 10.0 Å². The summed E-state index contributed by atoms with van der Waals surface area (Å²) in [5, 5.41) is 18.3. The Hall–Kier alpha value is -1.51. The van der Waals surface area contributed by atoms with Crippen LogP contribution in [0.4, 0.5) is 4.39 Å². The monoisotopic (exact) mass is 305 g/mol. The van der Waals surface area contributed by atoms with Crippen LogP contribution in [0.25, 0.3) is 0 Å². The van der Waals surface area contributed by atoms with Crippen molar-refractivity contribution in [3.63, 3.8) is 0 Å². The van der Waals surface area contributed by atoms with Gasteiger partial charge in [0.15, 0.2) is 0 Å². The molecule has 112 valence electrons. The van der Waals surface area contributed by atoms with E-state index in [-0.39, 0.29) is 5.75 Å². The lowest BCUT2D eigenvalue weighted by Crippen LogP contribution is -2.42. The van der Waals surface area contributed by atoms with E-state index in [9.17, 15) is 22.7 Å². The molecule has 0 fully saturated rings. The number of hydrogen-bond acceptors (Lipinski definition) is 4. The van der Waals surface area contributed by atoms with Crippen molar-refractivity contribution < 1.29 is 27.8 Å². The molecule has 0 aliphatic heterocycles. The summed E-state index contributed by atoms with van der Waals surface area (Å²) in [7, 11) is -3.74. The third kappa shape index (κ3) is 6.09. The normalized spacial score (nSPS) is 14.8. The average Bonchev–Trinajstić information content (AvgIpc) is 2.28. The van der Waals surface area contributed by atoms with E-state index in [4.69, 9.17) is 5.11 Å². The van der Waals surface area contributed by atoms with E-state index in [1.165, 1.54) is 19.1 Å². The van der Waals surface area contributed by atoms with Crippen LogP contribution >= 0.6 is 0 Å². The van der Waals surface area contributed by atoms with Crippen LogP contribution in [0.2, 0.25) is 0 Å². The van der Waals surface area contributed by atoms with Gasteiger partial charge in [-0.25, -0.2) is 17.5 Å². The molecule has 0 heterocycles. The molecule has 20 heavy (non-hydrogen) atoms. The van der Waals surface area contributed by atoms with Gasteiger partial charge in [-0.15, -0.1) is 0 Å². The van der Waals surface area contributed by atoms with Crippen molar-refractivity contribution in [3.05, 3.63) is 35.6 Å². The molecule has 1 rings (SSSR count). The fraction of sp³-hybridized carbons (Fsp3) is 0.417. The average molecular weight is 305 g/mol. The van der Waals surface area contributed by atoms with Gasteiger partial charge >= 0.3 is 5.97 Å². The van der Waals surface area contributed by atoms with Crippen molar-refractivity contribution in [1.29, 1.82) is 0 Å². The summed E-state index contributed by atoms with van der Waals surface area (Å²) < 4.78 is 38.3. The Labute approximate surface area is 116 Å². The summed E-state index contributed by atoms with van der Waals surface area (Å²) in [5.74, 6) is -2.08. The quantitative estimate of drug-likeness (QED) is 0.679. The molecule has 1 unspecified atom stereocenters. The van der Waals surface area contributed by atoms with Gasteiger partial charge in [-0.3, -0.25) is 4.79 Å². The zero-order valence-electron chi connectivity index (χ0n) is 10.8. The summed E-state index contributed by atoms with van der Waals surface area (Å²) in [6.45, 7) is 0.810. The topological polar surface area (TPSA) is 104 Å². The highest BCUT2D eigenvalue weighted by Crippen LogP contribution is 2.10. The lowest BCUT2D eigenvalue weighted by atomic mass is 10.0. The maximum Gasteiger partial charge on any atom is 0.306 e. The summed E-state index contributed by atoms with van der Waals surface area (Å²) >= 11 is 0. The molecular formula is C12H16FNO5S. The molecule has 0 spiro atoms. The minimum Gasteiger partial charge on any atom is -0.481 e. The highest BCUT2D eigenvalue weighted by molar-refractivity contribution is 7.88. The smallest absolute Gasteiger partial charge is 0.306 e. The molecule has 1 aromatic rings. The van der Waals surface area contributed by atoms with Crippen LogP contribution < -0.4 is 4.72 Å². The van der Waals surface area contributed by atoms with Crippen molar-refractivity contribution in [1.82, 2.24) is 4.72 Å². The molecule has 0 saturated carbocycles. The van der Waals surface area contributed by atoms with Gasteiger partial charge < -0.3 is 10.2 Å². The Morgan fingerprint density at radius 1 is 1.35 bits per heavy atom. The zero-order chi connectivity index (χ0) is 15.4. The Balaban J connectivity index is 2.62. The van der Waals surface area contributed by atoms with Gasteiger partial charge in [0, 0.05) is 6.54 Å². The van der Waals surface area contributed by atoms with Crippen LogP contribution in [0.3, 0.4) is 0 Å². The third-order valence-electron chi connectivity index (χ3n) is 2.47. The Morgan fingerprint density at radius 3 is 2.40 bits per heavy atom. The number of carbonyl (C=O) groups is 1. The number of aliphatic hydroxyl groups is 1. The number of carboxylic acids is 1. The zero-order valence-corrected chi connectivity index (χ0v) is 11.7. The Morgan fingerprint density at radius 2 is 1.90 bits per heavy atom. The molecule has 1 atom stereocenters. The lowest BCUT2D eigenvalue weighted by Gasteiger charge is -2.21. The number of carboxylic acid groups (broad SMARTS) is 1. The minimum atomic E-state index is -3.74. The molecule has 0 aliphatic rings. The van der Waals surface area contributed by atoms with Crippen LogP contribution in [-0.2, 0) is 20.6 Å². The fourth-order valence-corrected chi connectivity index (χ4v) is 2.77. The summed E-state index contributed by atoms with van der Waals surface area (Å²) in [5.41, 5.74) is -1.29. The van der Waals surface area contributed by atoms with Crippen molar-refractivity contribution in [2.24, 2.45) is 0 Å². The number of halogens is 1. The Bertz CT molecular complexity index is 568. The van der Waals surface area contributed by atoms with Crippen LogP contribution in [0.15, 0.2) is 24.3 Å². The molecule has 0 aliphatic carbocycles. The van der Waals surface area contributed by atoms with E-state index in [1.54, 1.807) is 0 Å². The Kier molecular flexibility index (Phi) is 5.21. The highest BCUT2D eigenvalue weighted by atomic mass is 32.2. The number of aliphatic carboxylic acids is 1. The van der Waals surface area contributed by atoms with Crippen molar-refractivity contribution in [3.8, 4) is 0 Å². The second-order valence-corrected chi connectivity index (χ2v) is 6.58. The van der Waals surface area contributed by atoms with Gasteiger partial charge in [-0.2, -0.15) is 0 Å². The van der Waals surface area contributed by atoms with Crippen LogP contribution in [0.5, 0.6) is 0 Å². The summed E-state index contributed by atoms with van der Waals surface area (Å²) in [6.07, 6.45) is -0.577. The van der Waals surface area contributed by atoms with Gasteiger partial charge in [0.1, 0.15) is 5.82 Å². The van der Waals surface area contributed by atoms with E-state index in [0.717, 1.165) is 12.1 Å². The third-order valence-corrected chi connectivity index (χ3v) is 3.77. The van der Waals surface area contributed by atoms with Gasteiger partial charge in [-0.1, -0.05) is 12.1 Å². The van der Waals surface area contributed by atoms with E-state index in [1.807, 2.05) is 0 Å². The molecule has 0 aromatic heterocycles. The molecule has 1 aromatic carbocycles. The second-order valence-electron chi connectivity index (χ2n) is 4.77. The SMILES string of the molecule is CC(O)(CNS(=O)(=O)Cc1ccc(F)cc1)CC(=O)O. The molecule has 0 radical (unpaired) electrons. The first-order valence-electron chi connectivity index (χ1n) is 5.76. The number of nitrogens with one attached hydrogen (secondary N) is 1. The number of rotatable bonds is 7. The number of sulfonamides is 1. The predicted octanol–water partition coefficient (Wildman–Crippen LogP) is 0.471. The van der Waals surface area contributed by atoms with E-state index >= 15 is 0 Å². The van der Waals surface area contributed by atoms with Crippen molar-refractivity contribution in [2.45, 2.75) is 24.7 Å². The predicted molar refractivity (Wildman–Crippen MR) is 69.9 cm³/mol. The van der Waals surface area contributed by atoms with E-state index < -0.39 is 40.4 Å². The van der Waals surface area contributed by atoms with Gasteiger partial charge in [0.25, 0.3) is 0 Å². The maximum atomic E-state index is 12.7. The van der Waals surface area contributed by atoms with Crippen LogP contribution in [-0.4, -0.2) is 36.7 Å². The second kappa shape index (κ2) is 6.29. The number of benzene rings is 1. The van der Waals surface area contributed by atoms with Gasteiger partial charge in [-0.05, 0) is 24.6 Å². The largest absolute Gasteiger partial charge is 0.481 e. The van der Waals surface area contributed by atoms with E-state index in [0.29, 0.717) is 5.56 Å². The van der Waals surface area contributed by atoms with E-state index in [2.05, 4.69) is 4.72 Å². The first kappa shape index (κ1) is 16.5. The molecule has 0 amide bonds. The number of hydrogen-bond donors (Lipinski definition) is 3. The lowest BCUT2D eigenvalue weighted by molar-refractivity contribution is -0.141. The van der Waals surface area contributed by atoms with Gasteiger partial charge in [0.05, 0.1) is 17.8 Å². The molecule has 6 nitrogen and oxygen atoms in total. The molecule has 8 heteroatoms. The fourth-order valence-electron chi connectivity index (χ4n) is 1.50. The molecular weight excluding hydrogens is 289 g/mol. The highest BCUT2D eigenvalue weighted by Gasteiger charge is 2.26.